The van der Waals surface area contributed by atoms with Gasteiger partial charge in [0, 0.05) is 10.7 Å². The molecule has 0 spiro atoms. The van der Waals surface area contributed by atoms with Gasteiger partial charge in [0.15, 0.2) is 16.6 Å². The van der Waals surface area contributed by atoms with E-state index in [2.05, 4.69) is 15.8 Å². The van der Waals surface area contributed by atoms with Crippen LogP contribution in [0.4, 0.5) is 5.69 Å². The molecule has 0 saturated heterocycles. The third-order valence-corrected chi connectivity index (χ3v) is 4.67. The van der Waals surface area contributed by atoms with Crippen molar-refractivity contribution in [2.75, 3.05) is 19.5 Å². The number of methoxy groups -OCH3 is 2. The Morgan fingerprint density at radius 2 is 1.71 bits per heavy atom. The maximum Gasteiger partial charge on any atom is 0.191 e. The first-order valence-electron chi connectivity index (χ1n) is 9.37. The molecule has 0 radical (unpaired) electrons. The second-order valence-electron chi connectivity index (χ2n) is 6.38. The van der Waals surface area contributed by atoms with E-state index >= 15 is 0 Å². The van der Waals surface area contributed by atoms with Crippen LogP contribution < -0.4 is 25.0 Å². The summed E-state index contributed by atoms with van der Waals surface area (Å²) in [5.41, 5.74) is 5.46. The maximum absolute atomic E-state index is 5.91. The molecule has 6 nitrogen and oxygen atoms in total. The summed E-state index contributed by atoms with van der Waals surface area (Å²) in [5, 5.41) is 8.27. The molecule has 0 aliphatic heterocycles. The van der Waals surface area contributed by atoms with E-state index in [9.17, 15) is 0 Å². The van der Waals surface area contributed by atoms with Gasteiger partial charge in [-0.25, -0.2) is 0 Å². The third kappa shape index (κ3) is 6.87. The zero-order chi connectivity index (χ0) is 22.1. The van der Waals surface area contributed by atoms with Crippen LogP contribution in [0.2, 0.25) is 5.02 Å². The summed E-state index contributed by atoms with van der Waals surface area (Å²) in [6, 6.07) is 20.5. The molecular formula is C23H22ClN3O3S. The fourth-order valence-electron chi connectivity index (χ4n) is 2.62. The smallest absolute Gasteiger partial charge is 0.191 e. The van der Waals surface area contributed by atoms with Gasteiger partial charge in [0.2, 0.25) is 0 Å². The number of nitrogens with one attached hydrogen (secondary N) is 2. The number of anilines is 1. The molecule has 0 aromatic heterocycles. The predicted octanol–water partition coefficient (Wildman–Crippen LogP) is 5.26. The SMILES string of the molecule is COc1ccc(NC(=S)N/N=C\c2ccc(OCc3ccc(Cl)cc3)c(OC)c2)cc1. The van der Waals surface area contributed by atoms with E-state index < -0.39 is 0 Å². The van der Waals surface area contributed by atoms with Gasteiger partial charge in [-0.2, -0.15) is 5.10 Å². The molecule has 0 aliphatic carbocycles. The van der Waals surface area contributed by atoms with E-state index in [-0.39, 0.29) is 0 Å². The molecule has 0 saturated carbocycles. The summed E-state index contributed by atoms with van der Waals surface area (Å²) in [6.07, 6.45) is 1.65. The quantitative estimate of drug-likeness (QED) is 0.274. The molecule has 8 heteroatoms. The number of thiocarbonyl (C=S) groups is 1. The van der Waals surface area contributed by atoms with Gasteiger partial charge in [-0.15, -0.1) is 0 Å². The molecule has 0 amide bonds. The summed E-state index contributed by atoms with van der Waals surface area (Å²) in [6.45, 7) is 0.411. The Kier molecular flexibility index (Phi) is 8.09. The second-order valence-corrected chi connectivity index (χ2v) is 7.22. The Labute approximate surface area is 191 Å². The third-order valence-electron chi connectivity index (χ3n) is 4.22. The van der Waals surface area contributed by atoms with E-state index in [1.165, 1.54) is 0 Å². The van der Waals surface area contributed by atoms with E-state index in [1.807, 2.05) is 66.7 Å². The average molecular weight is 456 g/mol. The fraction of sp³-hybridized carbons (Fsp3) is 0.130. The van der Waals surface area contributed by atoms with Crippen LogP contribution in [-0.2, 0) is 6.61 Å². The number of benzene rings is 3. The largest absolute Gasteiger partial charge is 0.497 e. The van der Waals surface area contributed by atoms with Gasteiger partial charge in [0.1, 0.15) is 12.4 Å². The van der Waals surface area contributed by atoms with Crippen LogP contribution in [0.5, 0.6) is 17.2 Å². The molecule has 0 aliphatic rings. The van der Waals surface area contributed by atoms with E-state index in [0.29, 0.717) is 28.2 Å². The lowest BCUT2D eigenvalue weighted by atomic mass is 10.2. The van der Waals surface area contributed by atoms with E-state index in [4.69, 9.17) is 38.0 Å². The number of hydrogen-bond donors (Lipinski definition) is 2. The van der Waals surface area contributed by atoms with Gasteiger partial charge in [-0.1, -0.05) is 23.7 Å². The minimum absolute atomic E-state index is 0.372. The Morgan fingerprint density at radius 3 is 2.39 bits per heavy atom. The maximum atomic E-state index is 5.91. The van der Waals surface area contributed by atoms with Crippen molar-refractivity contribution in [2.24, 2.45) is 5.10 Å². The topological polar surface area (TPSA) is 64.1 Å². The summed E-state index contributed by atoms with van der Waals surface area (Å²) in [4.78, 5) is 0. The van der Waals surface area contributed by atoms with Crippen molar-refractivity contribution in [3.63, 3.8) is 0 Å². The van der Waals surface area contributed by atoms with Crippen molar-refractivity contribution >= 4 is 40.8 Å². The number of nitrogens with zero attached hydrogens (tertiary/aromatic N) is 1. The van der Waals surface area contributed by atoms with E-state index in [1.54, 1.807) is 20.4 Å². The van der Waals surface area contributed by atoms with E-state index in [0.717, 1.165) is 22.6 Å². The highest BCUT2D eigenvalue weighted by Crippen LogP contribution is 2.28. The van der Waals surface area contributed by atoms with Gasteiger partial charge in [-0.05, 0) is 77.9 Å². The van der Waals surface area contributed by atoms with Crippen molar-refractivity contribution in [1.29, 1.82) is 0 Å². The Balaban J connectivity index is 1.55. The number of hydrazone groups is 1. The Bertz CT molecular complexity index is 1040. The molecule has 3 rings (SSSR count). The molecule has 0 fully saturated rings. The highest BCUT2D eigenvalue weighted by molar-refractivity contribution is 7.80. The van der Waals surface area contributed by atoms with Crippen LogP contribution in [0.15, 0.2) is 71.8 Å². The normalized spacial score (nSPS) is 10.5. The fourth-order valence-corrected chi connectivity index (χ4v) is 2.92. The standard InChI is InChI=1S/C23H22ClN3O3S/c1-28-20-10-8-19(9-11-20)26-23(31)27-25-14-17-5-12-21(22(13-17)29-2)30-15-16-3-6-18(24)7-4-16/h3-14H,15H2,1-2H3,(H2,26,27,31)/b25-14-. The van der Waals surface area contributed by atoms with Crippen LogP contribution >= 0.6 is 23.8 Å². The first-order chi connectivity index (χ1) is 15.1. The van der Waals surface area contributed by atoms with Crippen molar-refractivity contribution in [2.45, 2.75) is 6.61 Å². The first kappa shape index (κ1) is 22.4. The van der Waals surface area contributed by atoms with Gasteiger partial charge in [-0.3, -0.25) is 5.43 Å². The second kappa shape index (κ2) is 11.2. The zero-order valence-corrected chi connectivity index (χ0v) is 18.7. The summed E-state index contributed by atoms with van der Waals surface area (Å²) >= 11 is 11.2. The monoisotopic (exact) mass is 455 g/mol. The molecule has 0 bridgehead atoms. The van der Waals surface area contributed by atoms with Crippen LogP contribution in [0.25, 0.3) is 0 Å². The lowest BCUT2D eigenvalue weighted by Crippen LogP contribution is -2.23. The van der Waals surface area contributed by atoms with Crippen LogP contribution in [0.1, 0.15) is 11.1 Å². The van der Waals surface area contributed by atoms with Gasteiger partial charge >= 0.3 is 0 Å². The minimum Gasteiger partial charge on any atom is -0.497 e. The molecule has 0 atom stereocenters. The van der Waals surface area contributed by atoms with Crippen molar-refractivity contribution in [3.05, 3.63) is 82.9 Å². The number of hydrogen-bond acceptors (Lipinski definition) is 5. The van der Waals surface area contributed by atoms with Gasteiger partial charge < -0.3 is 19.5 Å². The molecule has 0 unspecified atom stereocenters. The first-order valence-corrected chi connectivity index (χ1v) is 10.2. The molecule has 160 valence electrons. The number of halogens is 1. The molecule has 3 aromatic carbocycles. The predicted molar refractivity (Wildman–Crippen MR) is 129 cm³/mol. The van der Waals surface area contributed by atoms with Crippen LogP contribution in [-0.4, -0.2) is 25.5 Å². The van der Waals surface area contributed by atoms with Crippen molar-refractivity contribution in [1.82, 2.24) is 5.43 Å². The zero-order valence-electron chi connectivity index (χ0n) is 17.1. The van der Waals surface area contributed by atoms with Crippen molar-refractivity contribution in [3.8, 4) is 17.2 Å². The minimum atomic E-state index is 0.372. The van der Waals surface area contributed by atoms with Crippen LogP contribution in [0.3, 0.4) is 0 Å². The number of rotatable bonds is 8. The average Bonchev–Trinajstić information content (AvgIpc) is 2.79. The summed E-state index contributed by atoms with van der Waals surface area (Å²) in [5.74, 6) is 2.02. The highest BCUT2D eigenvalue weighted by Gasteiger charge is 2.06. The van der Waals surface area contributed by atoms with Crippen molar-refractivity contribution < 1.29 is 14.2 Å². The summed E-state index contributed by atoms with van der Waals surface area (Å²) < 4.78 is 16.4. The summed E-state index contributed by atoms with van der Waals surface area (Å²) in [7, 11) is 3.22. The Morgan fingerprint density at radius 1 is 0.968 bits per heavy atom. The molecule has 3 aromatic rings. The lowest BCUT2D eigenvalue weighted by molar-refractivity contribution is 0.284. The molecular weight excluding hydrogens is 434 g/mol. The Hall–Kier alpha value is -3.29. The lowest BCUT2D eigenvalue weighted by Gasteiger charge is -2.11. The molecule has 2 N–H and O–H groups in total. The highest BCUT2D eigenvalue weighted by atomic mass is 35.5. The van der Waals surface area contributed by atoms with Gasteiger partial charge in [0.05, 0.1) is 20.4 Å². The van der Waals surface area contributed by atoms with Crippen LogP contribution in [0, 0.1) is 0 Å². The number of ether oxygens (including phenoxy) is 3. The van der Waals surface area contributed by atoms with Gasteiger partial charge in [0.25, 0.3) is 0 Å². The molecule has 31 heavy (non-hydrogen) atoms. The molecule has 0 heterocycles.